The van der Waals surface area contributed by atoms with Crippen LogP contribution in [0.2, 0.25) is 5.15 Å². The summed E-state index contributed by atoms with van der Waals surface area (Å²) in [5.41, 5.74) is 0. The minimum atomic E-state index is -4.35. The van der Waals surface area contributed by atoms with Gasteiger partial charge in [-0.05, 0) is 24.3 Å². The van der Waals surface area contributed by atoms with Gasteiger partial charge in [0.1, 0.15) is 6.29 Å². The molecule has 2 aromatic heterocycles. The second kappa shape index (κ2) is 7.30. The molecule has 2 heterocycles. The van der Waals surface area contributed by atoms with Crippen LogP contribution >= 0.6 is 19.2 Å². The SMILES string of the molecule is O=P(O)(CNS(=O)(=O)c1cccc2cnccc12)Oc1cccnc1Cl. The Morgan fingerprint density at radius 2 is 2.00 bits per heavy atom. The van der Waals surface area contributed by atoms with Gasteiger partial charge < -0.3 is 9.42 Å². The number of hydrogen-bond donors (Lipinski definition) is 2. The molecule has 0 fully saturated rings. The molecule has 1 aromatic carbocycles. The van der Waals surface area contributed by atoms with Crippen molar-refractivity contribution >= 4 is 40.0 Å². The second-order valence-electron chi connectivity index (χ2n) is 5.18. The van der Waals surface area contributed by atoms with E-state index in [2.05, 4.69) is 14.7 Å². The molecule has 1 atom stereocenters. The van der Waals surface area contributed by atoms with Crippen molar-refractivity contribution in [1.82, 2.24) is 14.7 Å². The Hall–Kier alpha value is -2.03. The predicted molar refractivity (Wildman–Crippen MR) is 96.6 cm³/mol. The maximum Gasteiger partial charge on any atom is 0.391 e. The fraction of sp³-hybridized carbons (Fsp3) is 0.0667. The van der Waals surface area contributed by atoms with Crippen molar-refractivity contribution in [3.63, 3.8) is 0 Å². The first-order chi connectivity index (χ1) is 12.3. The van der Waals surface area contributed by atoms with E-state index in [9.17, 15) is 17.9 Å². The van der Waals surface area contributed by atoms with E-state index in [0.29, 0.717) is 10.8 Å². The first kappa shape index (κ1) is 18.8. The van der Waals surface area contributed by atoms with Gasteiger partial charge in [-0.15, -0.1) is 0 Å². The molecule has 3 aromatic rings. The standard InChI is InChI=1S/C15H13ClN3O5PS/c16-15-13(4-2-7-18-15)24-25(20,21)10-19-26(22,23)14-5-1-3-11-9-17-8-6-12(11)14/h1-9,19H,10H2,(H,20,21). The molecule has 8 nitrogen and oxygen atoms in total. The maximum absolute atomic E-state index is 12.6. The molecule has 11 heteroatoms. The van der Waals surface area contributed by atoms with Crippen LogP contribution in [-0.2, 0) is 14.6 Å². The van der Waals surface area contributed by atoms with Gasteiger partial charge in [0, 0.05) is 29.4 Å². The third-order valence-corrected chi connectivity index (χ3v) is 6.35. The number of nitrogens with zero attached hydrogens (tertiary/aromatic N) is 2. The van der Waals surface area contributed by atoms with Crippen molar-refractivity contribution in [2.75, 3.05) is 6.29 Å². The third-order valence-electron chi connectivity index (χ3n) is 3.35. The topological polar surface area (TPSA) is 118 Å². The number of nitrogens with one attached hydrogen (secondary N) is 1. The van der Waals surface area contributed by atoms with Gasteiger partial charge in [0.25, 0.3) is 0 Å². The zero-order chi connectivity index (χ0) is 18.8. The average molecular weight is 414 g/mol. The Balaban J connectivity index is 1.81. The van der Waals surface area contributed by atoms with Crippen LogP contribution in [0.25, 0.3) is 10.8 Å². The molecule has 136 valence electrons. The van der Waals surface area contributed by atoms with Crippen molar-refractivity contribution in [2.24, 2.45) is 0 Å². The Bertz CT molecular complexity index is 1100. The van der Waals surface area contributed by atoms with Crippen LogP contribution in [0.4, 0.5) is 0 Å². The summed E-state index contributed by atoms with van der Waals surface area (Å²) >= 11 is 5.77. The first-order valence-corrected chi connectivity index (χ1v) is 10.9. The smallest absolute Gasteiger partial charge is 0.391 e. The molecular formula is C15H13ClN3O5PS. The van der Waals surface area contributed by atoms with Crippen molar-refractivity contribution in [2.45, 2.75) is 4.90 Å². The Morgan fingerprint density at radius 1 is 1.19 bits per heavy atom. The van der Waals surface area contributed by atoms with Crippen LogP contribution in [0.3, 0.4) is 0 Å². The number of benzene rings is 1. The van der Waals surface area contributed by atoms with Crippen LogP contribution in [0, 0.1) is 0 Å². The summed E-state index contributed by atoms with van der Waals surface area (Å²) in [6, 6.07) is 9.04. The van der Waals surface area contributed by atoms with Gasteiger partial charge in [-0.25, -0.2) is 18.0 Å². The maximum atomic E-state index is 12.6. The number of rotatable bonds is 6. The zero-order valence-electron chi connectivity index (χ0n) is 13.1. The van der Waals surface area contributed by atoms with Crippen LogP contribution in [0.5, 0.6) is 5.75 Å². The lowest BCUT2D eigenvalue weighted by Crippen LogP contribution is -2.26. The lowest BCUT2D eigenvalue weighted by molar-refractivity contribution is 0.377. The second-order valence-corrected chi connectivity index (χ2v) is 9.05. The summed E-state index contributed by atoms with van der Waals surface area (Å²) in [5.74, 6) is -0.115. The summed E-state index contributed by atoms with van der Waals surface area (Å²) in [6.45, 7) is 0. The van der Waals surface area contributed by atoms with E-state index in [4.69, 9.17) is 16.1 Å². The minimum absolute atomic E-state index is 0.0307. The summed E-state index contributed by atoms with van der Waals surface area (Å²) in [5, 5.41) is 0.964. The quantitative estimate of drug-likeness (QED) is 0.471. The Kier molecular flexibility index (Phi) is 5.27. The normalized spacial score (nSPS) is 14.1. The summed E-state index contributed by atoms with van der Waals surface area (Å²) in [4.78, 5) is 17.6. The average Bonchev–Trinajstić information content (AvgIpc) is 2.62. The van der Waals surface area contributed by atoms with Crippen molar-refractivity contribution in [3.8, 4) is 5.75 Å². The van der Waals surface area contributed by atoms with E-state index in [1.54, 1.807) is 18.2 Å². The highest BCUT2D eigenvalue weighted by Gasteiger charge is 2.27. The molecule has 0 bridgehead atoms. The third kappa shape index (κ3) is 4.20. The number of pyridine rings is 2. The molecule has 0 saturated carbocycles. The number of halogens is 1. The minimum Gasteiger partial charge on any atom is -0.420 e. The molecule has 0 saturated heterocycles. The van der Waals surface area contributed by atoms with Crippen molar-refractivity contribution < 1.29 is 22.4 Å². The van der Waals surface area contributed by atoms with Crippen molar-refractivity contribution in [1.29, 1.82) is 0 Å². The van der Waals surface area contributed by atoms with E-state index < -0.39 is 23.9 Å². The fourth-order valence-electron chi connectivity index (χ4n) is 2.20. The molecular weight excluding hydrogens is 401 g/mol. The van der Waals surface area contributed by atoms with Gasteiger partial charge in [0.15, 0.2) is 10.9 Å². The Labute approximate surface area is 154 Å². The van der Waals surface area contributed by atoms with Gasteiger partial charge in [0.05, 0.1) is 4.90 Å². The lowest BCUT2D eigenvalue weighted by atomic mass is 10.2. The van der Waals surface area contributed by atoms with Gasteiger partial charge in [-0.1, -0.05) is 23.7 Å². The van der Waals surface area contributed by atoms with Gasteiger partial charge >= 0.3 is 7.60 Å². The highest BCUT2D eigenvalue weighted by atomic mass is 35.5. The summed E-state index contributed by atoms with van der Waals surface area (Å²) in [7, 11) is -8.41. The van der Waals surface area contributed by atoms with Crippen LogP contribution in [0.1, 0.15) is 0 Å². The molecule has 0 amide bonds. The van der Waals surface area contributed by atoms with E-state index in [1.165, 1.54) is 36.8 Å². The molecule has 2 N–H and O–H groups in total. The van der Waals surface area contributed by atoms with Crippen LogP contribution in [0.15, 0.2) is 59.9 Å². The van der Waals surface area contributed by atoms with E-state index >= 15 is 0 Å². The van der Waals surface area contributed by atoms with Gasteiger partial charge in [-0.3, -0.25) is 4.98 Å². The van der Waals surface area contributed by atoms with Gasteiger partial charge in [-0.2, -0.15) is 4.72 Å². The molecule has 26 heavy (non-hydrogen) atoms. The van der Waals surface area contributed by atoms with Crippen LogP contribution in [-0.4, -0.2) is 29.6 Å². The molecule has 0 spiro atoms. The Morgan fingerprint density at radius 3 is 2.77 bits per heavy atom. The number of fused-ring (bicyclic) bond motifs is 1. The van der Waals surface area contributed by atoms with E-state index in [0.717, 1.165) is 0 Å². The number of hydrogen-bond acceptors (Lipinski definition) is 6. The fourth-order valence-corrected chi connectivity index (χ4v) is 5.15. The molecule has 0 aliphatic rings. The lowest BCUT2D eigenvalue weighted by Gasteiger charge is -2.15. The molecule has 3 rings (SSSR count). The van der Waals surface area contributed by atoms with E-state index in [1.807, 2.05) is 0 Å². The summed E-state index contributed by atoms with van der Waals surface area (Å²) < 4.78 is 44.3. The zero-order valence-corrected chi connectivity index (χ0v) is 15.6. The molecule has 0 aliphatic carbocycles. The molecule has 1 unspecified atom stereocenters. The molecule has 0 aliphatic heterocycles. The molecule has 0 radical (unpaired) electrons. The summed E-state index contributed by atoms with van der Waals surface area (Å²) in [6.07, 6.45) is 3.54. The largest absolute Gasteiger partial charge is 0.420 e. The highest BCUT2D eigenvalue weighted by molar-refractivity contribution is 7.90. The predicted octanol–water partition coefficient (Wildman–Crippen LogP) is 2.78. The number of sulfonamides is 1. The monoisotopic (exact) mass is 413 g/mol. The first-order valence-electron chi connectivity index (χ1n) is 7.23. The van der Waals surface area contributed by atoms with E-state index in [-0.39, 0.29) is 15.8 Å². The van der Waals surface area contributed by atoms with Crippen LogP contribution < -0.4 is 9.25 Å². The van der Waals surface area contributed by atoms with Crippen molar-refractivity contribution in [3.05, 3.63) is 60.1 Å². The number of aromatic nitrogens is 2. The van der Waals surface area contributed by atoms with Gasteiger partial charge in [0.2, 0.25) is 10.0 Å². The highest BCUT2D eigenvalue weighted by Crippen LogP contribution is 2.43.